The molecular weight excluding hydrogens is 246 g/mol. The highest BCUT2D eigenvalue weighted by atomic mass is 16.4. The van der Waals surface area contributed by atoms with Crippen molar-refractivity contribution in [3.8, 4) is 0 Å². The summed E-state index contributed by atoms with van der Waals surface area (Å²) >= 11 is 0. The van der Waals surface area contributed by atoms with E-state index in [4.69, 9.17) is 5.11 Å². The van der Waals surface area contributed by atoms with Crippen molar-refractivity contribution < 1.29 is 9.90 Å². The van der Waals surface area contributed by atoms with E-state index in [1.165, 1.54) is 0 Å². The third-order valence-electron chi connectivity index (χ3n) is 2.68. The Balaban J connectivity index is 2.47. The van der Waals surface area contributed by atoms with Crippen molar-refractivity contribution in [1.29, 1.82) is 0 Å². The van der Waals surface area contributed by atoms with E-state index < -0.39 is 5.97 Å². The second-order valence-corrected chi connectivity index (χ2v) is 5.48. The Kier molecular flexibility index (Phi) is 3.13. The molecule has 2 aromatic heterocycles. The Hall–Kier alpha value is -2.18. The van der Waals surface area contributed by atoms with Crippen molar-refractivity contribution >= 4 is 17.4 Å². The minimum Gasteiger partial charge on any atom is -0.480 e. The molecule has 2 heterocycles. The van der Waals surface area contributed by atoms with E-state index in [0.717, 1.165) is 5.82 Å². The van der Waals surface area contributed by atoms with Gasteiger partial charge in [0.2, 0.25) is 0 Å². The molecule has 19 heavy (non-hydrogen) atoms. The van der Waals surface area contributed by atoms with Gasteiger partial charge in [-0.15, -0.1) is 15.3 Å². The van der Waals surface area contributed by atoms with Crippen molar-refractivity contribution in [2.24, 2.45) is 0 Å². The summed E-state index contributed by atoms with van der Waals surface area (Å²) in [4.78, 5) is 12.3. The van der Waals surface area contributed by atoms with Gasteiger partial charge in [-0.3, -0.25) is 4.79 Å². The quantitative estimate of drug-likeness (QED) is 0.887. The maximum atomic E-state index is 10.7. The molecule has 0 amide bonds. The number of carboxylic acids is 1. The molecule has 0 aromatic carbocycles. The van der Waals surface area contributed by atoms with Gasteiger partial charge in [0, 0.05) is 12.5 Å². The van der Waals surface area contributed by atoms with Crippen molar-refractivity contribution in [2.75, 3.05) is 18.5 Å². The lowest BCUT2D eigenvalue weighted by Gasteiger charge is -2.18. The maximum absolute atomic E-state index is 10.7. The summed E-state index contributed by atoms with van der Waals surface area (Å²) in [5.74, 6) is 0.414. The van der Waals surface area contributed by atoms with Gasteiger partial charge in [0.25, 0.3) is 0 Å². The van der Waals surface area contributed by atoms with Gasteiger partial charge in [-0.2, -0.15) is 4.52 Å². The molecule has 0 saturated carbocycles. The predicted molar refractivity (Wildman–Crippen MR) is 70.4 cm³/mol. The number of hydrogen-bond donors (Lipinski definition) is 1. The zero-order chi connectivity index (χ0) is 14.2. The zero-order valence-corrected chi connectivity index (χ0v) is 11.5. The van der Waals surface area contributed by atoms with Crippen LogP contribution in [0, 0.1) is 0 Å². The molecule has 0 spiro atoms. The summed E-state index contributed by atoms with van der Waals surface area (Å²) in [7, 11) is 1.68. The molecule has 7 heteroatoms. The van der Waals surface area contributed by atoms with Crippen LogP contribution in [0.5, 0.6) is 0 Å². The standard InChI is InChI=1S/C12H17N5O2/c1-12(2,3)11-14-13-8-5-6-9(15-17(8)11)16(4)7-10(18)19/h5-6H,7H2,1-4H3,(H,18,19). The van der Waals surface area contributed by atoms with Gasteiger partial charge < -0.3 is 10.0 Å². The number of carboxylic acid groups (broad SMARTS) is 1. The van der Waals surface area contributed by atoms with E-state index in [-0.39, 0.29) is 12.0 Å². The van der Waals surface area contributed by atoms with Crippen LogP contribution in [0.25, 0.3) is 5.65 Å². The fourth-order valence-electron chi connectivity index (χ4n) is 1.73. The highest BCUT2D eigenvalue weighted by Crippen LogP contribution is 2.21. The van der Waals surface area contributed by atoms with Crippen LogP contribution in [0.1, 0.15) is 26.6 Å². The molecule has 2 aromatic rings. The second kappa shape index (κ2) is 4.49. The Bertz CT molecular complexity index is 614. The van der Waals surface area contributed by atoms with Gasteiger partial charge >= 0.3 is 5.97 Å². The molecule has 2 rings (SSSR count). The van der Waals surface area contributed by atoms with Crippen molar-refractivity contribution in [3.63, 3.8) is 0 Å². The first-order chi connectivity index (χ1) is 8.79. The molecule has 0 fully saturated rings. The lowest BCUT2D eigenvalue weighted by Crippen LogP contribution is -2.27. The summed E-state index contributed by atoms with van der Waals surface area (Å²) < 4.78 is 1.66. The largest absolute Gasteiger partial charge is 0.480 e. The van der Waals surface area contributed by atoms with E-state index in [0.29, 0.717) is 11.5 Å². The first-order valence-electron chi connectivity index (χ1n) is 5.95. The first kappa shape index (κ1) is 13.3. The van der Waals surface area contributed by atoms with E-state index in [2.05, 4.69) is 15.3 Å². The van der Waals surface area contributed by atoms with Crippen LogP contribution >= 0.6 is 0 Å². The van der Waals surface area contributed by atoms with E-state index >= 15 is 0 Å². The van der Waals surface area contributed by atoms with E-state index in [9.17, 15) is 4.79 Å². The number of hydrogen-bond acceptors (Lipinski definition) is 5. The van der Waals surface area contributed by atoms with Crippen LogP contribution in [-0.2, 0) is 10.2 Å². The number of fused-ring (bicyclic) bond motifs is 1. The summed E-state index contributed by atoms with van der Waals surface area (Å²) in [6, 6.07) is 3.52. The zero-order valence-electron chi connectivity index (χ0n) is 11.5. The molecule has 0 atom stereocenters. The molecular formula is C12H17N5O2. The summed E-state index contributed by atoms with van der Waals surface area (Å²) in [6.07, 6.45) is 0. The molecule has 7 nitrogen and oxygen atoms in total. The van der Waals surface area contributed by atoms with E-state index in [1.807, 2.05) is 20.8 Å². The smallest absolute Gasteiger partial charge is 0.323 e. The molecule has 0 aliphatic rings. The molecule has 102 valence electrons. The average Bonchev–Trinajstić information content (AvgIpc) is 2.69. The number of rotatable bonds is 3. The fourth-order valence-corrected chi connectivity index (χ4v) is 1.73. The SMILES string of the molecule is CN(CC(=O)O)c1ccc2nnc(C(C)(C)C)n2n1. The summed E-state index contributed by atoms with van der Waals surface area (Å²) in [5, 5.41) is 21.4. The molecule has 0 aliphatic carbocycles. The van der Waals surface area contributed by atoms with Crippen molar-refractivity contribution in [2.45, 2.75) is 26.2 Å². The van der Waals surface area contributed by atoms with Gasteiger partial charge in [0.1, 0.15) is 12.4 Å². The number of aliphatic carboxylic acids is 1. The van der Waals surface area contributed by atoms with Gasteiger partial charge in [0.05, 0.1) is 0 Å². The predicted octanol–water partition coefficient (Wildman–Crippen LogP) is 0.943. The highest BCUT2D eigenvalue weighted by molar-refractivity contribution is 5.72. The third-order valence-corrected chi connectivity index (χ3v) is 2.68. The third kappa shape index (κ3) is 2.64. The molecule has 0 aliphatic heterocycles. The Morgan fingerprint density at radius 3 is 2.63 bits per heavy atom. The number of carbonyl (C=O) groups is 1. The Morgan fingerprint density at radius 2 is 2.05 bits per heavy atom. The van der Waals surface area contributed by atoms with Crippen LogP contribution in [0.2, 0.25) is 0 Å². The normalized spacial score (nSPS) is 11.8. The number of nitrogens with zero attached hydrogens (tertiary/aromatic N) is 5. The molecule has 0 saturated heterocycles. The number of anilines is 1. The molecule has 1 N–H and O–H groups in total. The Labute approximate surface area is 110 Å². The van der Waals surface area contributed by atoms with Gasteiger partial charge in [-0.1, -0.05) is 20.8 Å². The van der Waals surface area contributed by atoms with Crippen LogP contribution in [0.4, 0.5) is 5.82 Å². The molecule has 0 radical (unpaired) electrons. The first-order valence-corrected chi connectivity index (χ1v) is 5.95. The minimum atomic E-state index is -0.899. The van der Waals surface area contributed by atoms with Crippen molar-refractivity contribution in [1.82, 2.24) is 19.8 Å². The Morgan fingerprint density at radius 1 is 1.37 bits per heavy atom. The number of aromatic nitrogens is 4. The van der Waals surface area contributed by atoms with Crippen LogP contribution in [-0.4, -0.2) is 44.5 Å². The van der Waals surface area contributed by atoms with Crippen LogP contribution < -0.4 is 4.90 Å². The van der Waals surface area contributed by atoms with Gasteiger partial charge in [-0.25, -0.2) is 0 Å². The molecule has 0 bridgehead atoms. The average molecular weight is 263 g/mol. The summed E-state index contributed by atoms with van der Waals surface area (Å²) in [5.41, 5.74) is 0.466. The van der Waals surface area contributed by atoms with E-state index in [1.54, 1.807) is 28.6 Å². The lowest BCUT2D eigenvalue weighted by atomic mass is 9.96. The lowest BCUT2D eigenvalue weighted by molar-refractivity contribution is -0.135. The van der Waals surface area contributed by atoms with Crippen molar-refractivity contribution in [3.05, 3.63) is 18.0 Å². The monoisotopic (exact) mass is 263 g/mol. The number of likely N-dealkylation sites (N-methyl/N-ethyl adjacent to an activating group) is 1. The fraction of sp³-hybridized carbons (Fsp3) is 0.500. The molecule has 0 unspecified atom stereocenters. The van der Waals surface area contributed by atoms with Gasteiger partial charge in [-0.05, 0) is 12.1 Å². The van der Waals surface area contributed by atoms with Gasteiger partial charge in [0.15, 0.2) is 11.5 Å². The highest BCUT2D eigenvalue weighted by Gasteiger charge is 2.22. The van der Waals surface area contributed by atoms with Crippen LogP contribution in [0.15, 0.2) is 12.1 Å². The second-order valence-electron chi connectivity index (χ2n) is 5.48. The minimum absolute atomic E-state index is 0.106. The van der Waals surface area contributed by atoms with Crippen LogP contribution in [0.3, 0.4) is 0 Å². The maximum Gasteiger partial charge on any atom is 0.323 e. The summed E-state index contributed by atoms with van der Waals surface area (Å²) in [6.45, 7) is 5.97. The topological polar surface area (TPSA) is 83.6 Å².